The molecule has 0 saturated carbocycles. The molecule has 5 nitrogen and oxygen atoms in total. The molecule has 0 unspecified atom stereocenters. The van der Waals surface area contributed by atoms with Crippen molar-refractivity contribution in [3.05, 3.63) is 38.0 Å². The van der Waals surface area contributed by atoms with Gasteiger partial charge in [-0.15, -0.1) is 5.10 Å². The zero-order valence-corrected chi connectivity index (χ0v) is 12.1. The summed E-state index contributed by atoms with van der Waals surface area (Å²) in [5, 5.41) is 16.9. The molecule has 2 aromatic rings. The highest BCUT2D eigenvalue weighted by Crippen LogP contribution is 2.35. The van der Waals surface area contributed by atoms with Gasteiger partial charge in [0.25, 0.3) is 0 Å². The Labute approximate surface area is 120 Å². The third-order valence-electron chi connectivity index (χ3n) is 2.34. The lowest BCUT2D eigenvalue weighted by Gasteiger charge is -2.08. The molecule has 0 fully saturated rings. The van der Waals surface area contributed by atoms with E-state index in [-0.39, 0.29) is 10.7 Å². The molecule has 0 bridgehead atoms. The van der Waals surface area contributed by atoms with E-state index in [1.54, 1.807) is 19.1 Å². The second-order valence-electron chi connectivity index (χ2n) is 3.43. The molecule has 0 aliphatic carbocycles. The summed E-state index contributed by atoms with van der Waals surface area (Å²) in [5.41, 5.74) is 0.732. The minimum absolute atomic E-state index is 0.120. The van der Waals surface area contributed by atoms with Gasteiger partial charge in [0, 0.05) is 4.47 Å². The first-order valence-electron chi connectivity index (χ1n) is 4.73. The Hall–Kier alpha value is -1.11. The Kier molecular flexibility index (Phi) is 3.61. The molecule has 0 radical (unpaired) electrons. The summed E-state index contributed by atoms with van der Waals surface area (Å²) in [7, 11) is 0. The third-order valence-corrected chi connectivity index (χ3v) is 4.10. The number of hydrogen-bond donors (Lipinski definition) is 1. The standard InChI is InChI=1S/C10H6BrCl2N3O2/c1-4-9(10(17)18)14-15-16(4)6-3-2-5(11)7(12)8(6)13/h2-3H,1H3,(H,17,18). The summed E-state index contributed by atoms with van der Waals surface area (Å²) in [6, 6.07) is 3.37. The largest absolute Gasteiger partial charge is 0.476 e. The Balaban J connectivity index is 2.63. The normalized spacial score (nSPS) is 10.7. The lowest BCUT2D eigenvalue weighted by atomic mass is 10.3. The van der Waals surface area contributed by atoms with Crippen LogP contribution in [0.4, 0.5) is 0 Å². The highest BCUT2D eigenvalue weighted by Gasteiger charge is 2.19. The van der Waals surface area contributed by atoms with E-state index in [4.69, 9.17) is 28.3 Å². The van der Waals surface area contributed by atoms with Gasteiger partial charge in [0.05, 0.1) is 21.4 Å². The molecule has 2 rings (SSSR count). The first kappa shape index (κ1) is 13.3. The van der Waals surface area contributed by atoms with Crippen LogP contribution < -0.4 is 0 Å². The molecule has 18 heavy (non-hydrogen) atoms. The number of aromatic nitrogens is 3. The molecule has 8 heteroatoms. The maximum absolute atomic E-state index is 10.9. The van der Waals surface area contributed by atoms with Gasteiger partial charge in [-0.25, -0.2) is 9.48 Å². The molecular formula is C10H6BrCl2N3O2. The van der Waals surface area contributed by atoms with Crippen LogP contribution in [0.2, 0.25) is 10.0 Å². The van der Waals surface area contributed by atoms with Crippen molar-refractivity contribution >= 4 is 45.1 Å². The molecule has 1 heterocycles. The highest BCUT2D eigenvalue weighted by molar-refractivity contribution is 9.10. The minimum Gasteiger partial charge on any atom is -0.476 e. The van der Waals surface area contributed by atoms with E-state index in [2.05, 4.69) is 26.2 Å². The third kappa shape index (κ3) is 2.11. The number of carboxylic acids is 1. The number of carboxylic acid groups (broad SMARTS) is 1. The van der Waals surface area contributed by atoms with Crippen molar-refractivity contribution in [1.29, 1.82) is 0 Å². The van der Waals surface area contributed by atoms with Crippen molar-refractivity contribution in [2.75, 3.05) is 0 Å². The van der Waals surface area contributed by atoms with E-state index < -0.39 is 5.97 Å². The number of hydrogen-bond acceptors (Lipinski definition) is 3. The molecule has 94 valence electrons. The van der Waals surface area contributed by atoms with Gasteiger partial charge in [-0.05, 0) is 35.0 Å². The van der Waals surface area contributed by atoms with Crippen LogP contribution in [0.25, 0.3) is 5.69 Å². The van der Waals surface area contributed by atoms with Crippen molar-refractivity contribution in [3.63, 3.8) is 0 Å². The van der Waals surface area contributed by atoms with Crippen LogP contribution in [-0.4, -0.2) is 26.1 Å². The quantitative estimate of drug-likeness (QED) is 0.843. The molecule has 1 aromatic carbocycles. The molecule has 0 saturated heterocycles. The first-order valence-corrected chi connectivity index (χ1v) is 6.28. The van der Waals surface area contributed by atoms with E-state index in [1.807, 2.05) is 0 Å². The van der Waals surface area contributed by atoms with Gasteiger partial charge in [-0.3, -0.25) is 0 Å². The number of aromatic carboxylic acids is 1. The van der Waals surface area contributed by atoms with E-state index >= 15 is 0 Å². The van der Waals surface area contributed by atoms with Gasteiger partial charge in [0.15, 0.2) is 5.69 Å². The van der Waals surface area contributed by atoms with Gasteiger partial charge < -0.3 is 5.11 Å². The van der Waals surface area contributed by atoms with Crippen molar-refractivity contribution < 1.29 is 9.90 Å². The summed E-state index contributed by atoms with van der Waals surface area (Å²) in [4.78, 5) is 10.9. The van der Waals surface area contributed by atoms with Crippen LogP contribution in [0.5, 0.6) is 0 Å². The summed E-state index contributed by atoms with van der Waals surface area (Å²) >= 11 is 15.3. The smallest absolute Gasteiger partial charge is 0.358 e. The van der Waals surface area contributed by atoms with Crippen LogP contribution in [0.1, 0.15) is 16.2 Å². The number of nitrogens with zero attached hydrogens (tertiary/aromatic N) is 3. The zero-order valence-electron chi connectivity index (χ0n) is 8.99. The molecule has 0 spiro atoms. The average Bonchev–Trinajstić information content (AvgIpc) is 2.69. The molecule has 1 N–H and O–H groups in total. The summed E-state index contributed by atoms with van der Waals surface area (Å²) in [6.07, 6.45) is 0. The fourth-order valence-electron chi connectivity index (χ4n) is 1.43. The van der Waals surface area contributed by atoms with E-state index in [0.29, 0.717) is 20.9 Å². The Bertz CT molecular complexity index is 642. The van der Waals surface area contributed by atoms with E-state index in [0.717, 1.165) is 0 Å². The fraction of sp³-hybridized carbons (Fsp3) is 0.100. The molecule has 0 aliphatic rings. The molecule has 0 aliphatic heterocycles. The second-order valence-corrected chi connectivity index (χ2v) is 5.05. The number of benzene rings is 1. The summed E-state index contributed by atoms with van der Waals surface area (Å²) in [6.45, 7) is 1.59. The molecule has 0 atom stereocenters. The predicted octanol–water partition coefficient (Wildman–Crippen LogP) is 3.34. The van der Waals surface area contributed by atoms with Crippen molar-refractivity contribution in [3.8, 4) is 5.69 Å². The highest BCUT2D eigenvalue weighted by atomic mass is 79.9. The first-order chi connectivity index (χ1) is 8.43. The van der Waals surface area contributed by atoms with Crippen molar-refractivity contribution in [2.45, 2.75) is 6.92 Å². The van der Waals surface area contributed by atoms with Crippen LogP contribution in [0.3, 0.4) is 0 Å². The maximum Gasteiger partial charge on any atom is 0.358 e. The summed E-state index contributed by atoms with van der Waals surface area (Å²) in [5.74, 6) is -1.14. The van der Waals surface area contributed by atoms with Crippen LogP contribution in [0, 0.1) is 6.92 Å². The SMILES string of the molecule is Cc1c(C(=O)O)nnn1-c1ccc(Br)c(Cl)c1Cl. The number of carbonyl (C=O) groups is 1. The average molecular weight is 351 g/mol. The van der Waals surface area contributed by atoms with Crippen LogP contribution in [-0.2, 0) is 0 Å². The topological polar surface area (TPSA) is 68.0 Å². The van der Waals surface area contributed by atoms with Gasteiger partial charge in [-0.1, -0.05) is 28.4 Å². The Morgan fingerprint density at radius 2 is 2.06 bits per heavy atom. The van der Waals surface area contributed by atoms with Crippen molar-refractivity contribution in [2.24, 2.45) is 0 Å². The zero-order chi connectivity index (χ0) is 13.4. The second kappa shape index (κ2) is 4.87. The summed E-state index contributed by atoms with van der Waals surface area (Å²) < 4.78 is 1.98. The maximum atomic E-state index is 10.9. The predicted molar refractivity (Wildman–Crippen MR) is 70.8 cm³/mol. The van der Waals surface area contributed by atoms with Crippen molar-refractivity contribution in [1.82, 2.24) is 15.0 Å². The molecule has 1 aromatic heterocycles. The van der Waals surface area contributed by atoms with Gasteiger partial charge in [-0.2, -0.15) is 0 Å². The van der Waals surface area contributed by atoms with Crippen LogP contribution in [0.15, 0.2) is 16.6 Å². The van der Waals surface area contributed by atoms with Gasteiger partial charge in [0.2, 0.25) is 0 Å². The monoisotopic (exact) mass is 349 g/mol. The van der Waals surface area contributed by atoms with Gasteiger partial charge >= 0.3 is 5.97 Å². The minimum atomic E-state index is -1.14. The van der Waals surface area contributed by atoms with Crippen LogP contribution >= 0.6 is 39.1 Å². The number of halogens is 3. The van der Waals surface area contributed by atoms with Gasteiger partial charge in [0.1, 0.15) is 0 Å². The van der Waals surface area contributed by atoms with E-state index in [1.165, 1.54) is 4.68 Å². The van der Waals surface area contributed by atoms with E-state index in [9.17, 15) is 4.79 Å². The molecule has 0 amide bonds. The number of rotatable bonds is 2. The Morgan fingerprint density at radius 1 is 1.39 bits per heavy atom. The Morgan fingerprint density at radius 3 is 2.61 bits per heavy atom. The lowest BCUT2D eigenvalue weighted by molar-refractivity contribution is 0.0689. The fourth-order valence-corrected chi connectivity index (χ4v) is 2.28. The molecular weight excluding hydrogens is 345 g/mol. The lowest BCUT2D eigenvalue weighted by Crippen LogP contribution is -2.03.